The van der Waals surface area contributed by atoms with Crippen LogP contribution in [-0.2, 0) is 23.9 Å². The summed E-state index contributed by atoms with van der Waals surface area (Å²) >= 11 is 0. The Kier molecular flexibility index (Phi) is 11.7. The number of ether oxygens (including phenoxy) is 3. The Hall–Kier alpha value is -4.47. The SMILES string of the molecule is CCOC(=O)CCCC(NC(=O)/C(C)=C/c1ccc(C(=O)Oc2ccc(C(=N)N)cc2)cc1)C(=O)OCC. The van der Waals surface area contributed by atoms with Gasteiger partial charge < -0.3 is 25.3 Å². The quantitative estimate of drug-likeness (QED) is 0.119. The number of carbonyl (C=O) groups is 4. The molecule has 0 saturated carbocycles. The van der Waals surface area contributed by atoms with E-state index in [1.165, 1.54) is 0 Å². The van der Waals surface area contributed by atoms with Gasteiger partial charge >= 0.3 is 17.9 Å². The number of hydrogen-bond acceptors (Lipinski definition) is 8. The summed E-state index contributed by atoms with van der Waals surface area (Å²) < 4.78 is 15.3. The Morgan fingerprint density at radius 2 is 1.55 bits per heavy atom. The lowest BCUT2D eigenvalue weighted by molar-refractivity contribution is -0.148. The average molecular weight is 524 g/mol. The van der Waals surface area contributed by atoms with E-state index in [1.807, 2.05) is 0 Å². The fourth-order valence-electron chi connectivity index (χ4n) is 3.35. The second-order valence-corrected chi connectivity index (χ2v) is 8.25. The summed E-state index contributed by atoms with van der Waals surface area (Å²) in [6, 6.07) is 11.8. The van der Waals surface area contributed by atoms with E-state index in [1.54, 1.807) is 75.4 Å². The summed E-state index contributed by atoms with van der Waals surface area (Å²) in [6.45, 7) is 5.42. The van der Waals surface area contributed by atoms with Crippen molar-refractivity contribution in [2.45, 2.75) is 46.1 Å². The number of nitrogen functional groups attached to an aromatic ring is 1. The van der Waals surface area contributed by atoms with E-state index >= 15 is 0 Å². The molecule has 1 atom stereocenters. The van der Waals surface area contributed by atoms with Gasteiger partial charge in [0, 0.05) is 17.6 Å². The van der Waals surface area contributed by atoms with Crippen molar-refractivity contribution < 1.29 is 33.4 Å². The van der Waals surface area contributed by atoms with Crippen molar-refractivity contribution in [3.63, 3.8) is 0 Å². The maximum Gasteiger partial charge on any atom is 0.343 e. The van der Waals surface area contributed by atoms with Crippen molar-refractivity contribution in [3.8, 4) is 5.75 Å². The molecule has 2 rings (SSSR count). The topological polar surface area (TPSA) is 158 Å². The highest BCUT2D eigenvalue weighted by atomic mass is 16.5. The largest absolute Gasteiger partial charge is 0.466 e. The van der Waals surface area contributed by atoms with E-state index in [0.717, 1.165) is 0 Å². The molecule has 38 heavy (non-hydrogen) atoms. The number of benzene rings is 2. The van der Waals surface area contributed by atoms with E-state index in [4.69, 9.17) is 25.4 Å². The van der Waals surface area contributed by atoms with E-state index < -0.39 is 23.9 Å². The van der Waals surface area contributed by atoms with Crippen LogP contribution < -0.4 is 15.8 Å². The Labute approximate surface area is 221 Å². The molecule has 1 amide bonds. The first-order valence-electron chi connectivity index (χ1n) is 12.2. The zero-order valence-electron chi connectivity index (χ0n) is 21.7. The third kappa shape index (κ3) is 9.53. The van der Waals surface area contributed by atoms with E-state index in [9.17, 15) is 19.2 Å². The lowest BCUT2D eigenvalue weighted by Gasteiger charge is -2.17. The highest BCUT2D eigenvalue weighted by molar-refractivity contribution is 5.99. The maximum absolute atomic E-state index is 12.7. The van der Waals surface area contributed by atoms with Crippen LogP contribution in [-0.4, -0.2) is 48.9 Å². The van der Waals surface area contributed by atoms with Crippen molar-refractivity contribution >= 4 is 35.7 Å². The summed E-state index contributed by atoms with van der Waals surface area (Å²) in [5.41, 5.74) is 7.25. The number of nitrogens with one attached hydrogen (secondary N) is 2. The molecular weight excluding hydrogens is 490 g/mol. The number of esters is 3. The Balaban J connectivity index is 2.00. The molecule has 0 aliphatic rings. The van der Waals surface area contributed by atoms with Gasteiger partial charge in [-0.15, -0.1) is 0 Å². The minimum absolute atomic E-state index is 0.0825. The van der Waals surface area contributed by atoms with Crippen LogP contribution in [0.2, 0.25) is 0 Å². The standard InChI is InChI=1S/C28H33N3O7/c1-4-36-24(32)8-6-7-23(28(35)37-5-2)31-26(33)18(3)17-19-9-11-21(12-10-19)27(34)38-22-15-13-20(14-16-22)25(29)30/h9-17,23H,4-8H2,1-3H3,(H3,29,30)(H,31,33)/b18-17+. The molecule has 0 heterocycles. The molecule has 4 N–H and O–H groups in total. The minimum atomic E-state index is -0.901. The third-order valence-electron chi connectivity index (χ3n) is 5.32. The number of rotatable bonds is 13. The molecule has 0 bridgehead atoms. The third-order valence-corrected chi connectivity index (χ3v) is 5.32. The second-order valence-electron chi connectivity index (χ2n) is 8.25. The van der Waals surface area contributed by atoms with Crippen LogP contribution in [0.4, 0.5) is 0 Å². The van der Waals surface area contributed by atoms with Gasteiger partial charge in [0.2, 0.25) is 5.91 Å². The Bertz CT molecular complexity index is 1170. The lowest BCUT2D eigenvalue weighted by atomic mass is 10.1. The maximum atomic E-state index is 12.7. The minimum Gasteiger partial charge on any atom is -0.466 e. The molecule has 0 aliphatic carbocycles. The molecular formula is C28H33N3O7. The zero-order valence-corrected chi connectivity index (χ0v) is 21.7. The first-order valence-corrected chi connectivity index (χ1v) is 12.2. The van der Waals surface area contributed by atoms with Crippen LogP contribution in [0.15, 0.2) is 54.1 Å². The van der Waals surface area contributed by atoms with Gasteiger partial charge in [-0.05, 0) is 81.7 Å². The molecule has 0 radical (unpaired) electrons. The van der Waals surface area contributed by atoms with Crippen molar-refractivity contribution in [2.75, 3.05) is 13.2 Å². The predicted molar refractivity (Wildman–Crippen MR) is 142 cm³/mol. The summed E-state index contributed by atoms with van der Waals surface area (Å²) in [4.78, 5) is 49.1. The fraction of sp³-hybridized carbons (Fsp3) is 0.321. The molecule has 0 saturated heterocycles. The summed E-state index contributed by atoms with van der Waals surface area (Å²) in [5.74, 6) is -1.73. The van der Waals surface area contributed by atoms with Crippen molar-refractivity contribution in [2.24, 2.45) is 5.73 Å². The predicted octanol–water partition coefficient (Wildman–Crippen LogP) is 3.37. The number of hydrogen-bond donors (Lipinski definition) is 3. The van der Waals surface area contributed by atoms with E-state index in [-0.39, 0.29) is 37.9 Å². The van der Waals surface area contributed by atoms with E-state index in [2.05, 4.69) is 5.32 Å². The number of amides is 1. The molecule has 202 valence electrons. The summed E-state index contributed by atoms with van der Waals surface area (Å²) in [5, 5.41) is 10.1. The van der Waals surface area contributed by atoms with Crippen LogP contribution in [0.25, 0.3) is 6.08 Å². The molecule has 10 nitrogen and oxygen atoms in total. The van der Waals surface area contributed by atoms with Crippen molar-refractivity contribution in [3.05, 3.63) is 70.8 Å². The molecule has 0 aliphatic heterocycles. The van der Waals surface area contributed by atoms with Crippen LogP contribution in [0.1, 0.15) is 61.5 Å². The van der Waals surface area contributed by atoms with Gasteiger partial charge in [-0.1, -0.05) is 12.1 Å². The van der Waals surface area contributed by atoms with Crippen molar-refractivity contribution in [1.82, 2.24) is 5.32 Å². The van der Waals surface area contributed by atoms with Gasteiger partial charge in [-0.3, -0.25) is 15.0 Å². The normalized spacial score (nSPS) is 11.7. The summed E-state index contributed by atoms with van der Waals surface area (Å²) in [6.07, 6.45) is 2.33. The molecule has 0 fully saturated rings. The Morgan fingerprint density at radius 3 is 2.13 bits per heavy atom. The molecule has 10 heteroatoms. The van der Waals surface area contributed by atoms with Gasteiger partial charge in [-0.2, -0.15) is 0 Å². The fourth-order valence-corrected chi connectivity index (χ4v) is 3.35. The van der Waals surface area contributed by atoms with Crippen LogP contribution in [0.5, 0.6) is 5.75 Å². The molecule has 2 aromatic rings. The van der Waals surface area contributed by atoms with Gasteiger partial charge in [0.05, 0.1) is 18.8 Å². The zero-order chi connectivity index (χ0) is 28.1. The first kappa shape index (κ1) is 29.8. The van der Waals surface area contributed by atoms with E-state index in [0.29, 0.717) is 34.4 Å². The smallest absolute Gasteiger partial charge is 0.343 e. The molecule has 0 aromatic heterocycles. The molecule has 2 aromatic carbocycles. The van der Waals surface area contributed by atoms with Gasteiger partial charge in [-0.25, -0.2) is 9.59 Å². The van der Waals surface area contributed by atoms with Gasteiger partial charge in [0.25, 0.3) is 0 Å². The number of carbonyl (C=O) groups excluding carboxylic acids is 4. The van der Waals surface area contributed by atoms with Crippen LogP contribution in [0, 0.1) is 5.41 Å². The summed E-state index contributed by atoms with van der Waals surface area (Å²) in [7, 11) is 0. The van der Waals surface area contributed by atoms with Gasteiger partial charge in [0.15, 0.2) is 0 Å². The van der Waals surface area contributed by atoms with Crippen molar-refractivity contribution in [1.29, 1.82) is 5.41 Å². The highest BCUT2D eigenvalue weighted by Gasteiger charge is 2.23. The first-order chi connectivity index (χ1) is 18.1. The monoisotopic (exact) mass is 523 g/mol. The number of nitrogens with two attached hydrogens (primary N) is 1. The lowest BCUT2D eigenvalue weighted by Crippen LogP contribution is -2.42. The highest BCUT2D eigenvalue weighted by Crippen LogP contribution is 2.16. The van der Waals surface area contributed by atoms with Crippen LogP contribution in [0.3, 0.4) is 0 Å². The van der Waals surface area contributed by atoms with Gasteiger partial charge in [0.1, 0.15) is 17.6 Å². The second kappa shape index (κ2) is 14.9. The Morgan fingerprint density at radius 1 is 0.947 bits per heavy atom. The van der Waals surface area contributed by atoms with Crippen LogP contribution >= 0.6 is 0 Å². The molecule has 1 unspecified atom stereocenters. The molecule has 0 spiro atoms. The average Bonchev–Trinajstić information content (AvgIpc) is 2.89. The number of amidine groups is 1.